The maximum Gasteiger partial charge on any atom is 0.408 e. The average Bonchev–Trinajstić information content (AvgIpc) is 2.36. The van der Waals surface area contributed by atoms with Crippen LogP contribution in [0.25, 0.3) is 0 Å². The van der Waals surface area contributed by atoms with Crippen molar-refractivity contribution in [3.8, 4) is 0 Å². The van der Waals surface area contributed by atoms with Gasteiger partial charge in [0.05, 0.1) is 6.04 Å². The highest BCUT2D eigenvalue weighted by molar-refractivity contribution is 5.68. The van der Waals surface area contributed by atoms with Gasteiger partial charge in [0, 0.05) is 6.61 Å². The van der Waals surface area contributed by atoms with Crippen molar-refractivity contribution in [2.45, 2.75) is 58.6 Å². The van der Waals surface area contributed by atoms with Gasteiger partial charge in [-0.3, -0.25) is 0 Å². The van der Waals surface area contributed by atoms with Crippen LogP contribution in [0.5, 0.6) is 0 Å². The second-order valence-corrected chi connectivity index (χ2v) is 6.53. The van der Waals surface area contributed by atoms with Gasteiger partial charge in [0.2, 0.25) is 0 Å². The molecule has 0 aliphatic carbocycles. The molecule has 0 fully saturated rings. The highest BCUT2D eigenvalue weighted by Crippen LogP contribution is 2.21. The molecule has 0 saturated carbocycles. The summed E-state index contributed by atoms with van der Waals surface area (Å²) in [5, 5.41) is 12.0. The number of alkyl carbamates (subject to hydrolysis) is 1. The van der Waals surface area contributed by atoms with Crippen LogP contribution in [0.15, 0.2) is 24.3 Å². The molecule has 0 aromatic heterocycles. The second-order valence-electron chi connectivity index (χ2n) is 6.53. The normalized spacial score (nSPS) is 13.1. The zero-order valence-corrected chi connectivity index (χ0v) is 13.6. The first-order valence-electron chi connectivity index (χ1n) is 7.43. The van der Waals surface area contributed by atoms with Crippen molar-refractivity contribution in [2.24, 2.45) is 0 Å². The van der Waals surface area contributed by atoms with Gasteiger partial charge < -0.3 is 15.2 Å². The van der Waals surface area contributed by atoms with E-state index in [0.717, 1.165) is 5.56 Å². The third-order valence-corrected chi connectivity index (χ3v) is 3.11. The Hall–Kier alpha value is -1.55. The van der Waals surface area contributed by atoms with Gasteiger partial charge in [-0.2, -0.15) is 0 Å². The van der Waals surface area contributed by atoms with Gasteiger partial charge in [-0.05, 0) is 44.2 Å². The lowest BCUT2D eigenvalue weighted by Crippen LogP contribution is -2.35. The van der Waals surface area contributed by atoms with Crippen molar-refractivity contribution in [1.82, 2.24) is 5.32 Å². The van der Waals surface area contributed by atoms with E-state index in [1.807, 2.05) is 32.9 Å². The van der Waals surface area contributed by atoms with Crippen LogP contribution in [0.2, 0.25) is 0 Å². The Morgan fingerprint density at radius 3 is 2.14 bits per heavy atom. The van der Waals surface area contributed by atoms with E-state index in [1.54, 1.807) is 0 Å². The molecular formula is C17H27NO3. The number of aliphatic hydroxyl groups is 1. The first-order valence-corrected chi connectivity index (χ1v) is 7.43. The maximum atomic E-state index is 11.9. The summed E-state index contributed by atoms with van der Waals surface area (Å²) >= 11 is 0. The third kappa shape index (κ3) is 6.17. The average molecular weight is 293 g/mol. The number of carbonyl (C=O) groups excluding carboxylic acids is 1. The van der Waals surface area contributed by atoms with E-state index in [-0.39, 0.29) is 12.6 Å². The monoisotopic (exact) mass is 293 g/mol. The highest BCUT2D eigenvalue weighted by Gasteiger charge is 2.20. The molecule has 1 rings (SSSR count). The number of rotatable bonds is 5. The number of hydrogen-bond donors (Lipinski definition) is 2. The number of ether oxygens (including phenoxy) is 1. The predicted molar refractivity (Wildman–Crippen MR) is 84.3 cm³/mol. The van der Waals surface area contributed by atoms with E-state index >= 15 is 0 Å². The van der Waals surface area contributed by atoms with E-state index in [1.165, 1.54) is 5.56 Å². The van der Waals surface area contributed by atoms with Crippen LogP contribution in [0.1, 0.15) is 64.1 Å². The topological polar surface area (TPSA) is 58.6 Å². The van der Waals surface area contributed by atoms with Crippen molar-refractivity contribution >= 4 is 6.09 Å². The molecule has 118 valence electrons. The molecule has 0 heterocycles. The van der Waals surface area contributed by atoms with Gasteiger partial charge >= 0.3 is 6.09 Å². The SMILES string of the molecule is CC(C)c1ccc(C(CCO)NC(=O)OC(C)(C)C)cc1. The van der Waals surface area contributed by atoms with Crippen molar-refractivity contribution in [2.75, 3.05) is 6.61 Å². The Bertz CT molecular complexity index is 446. The molecule has 2 N–H and O–H groups in total. The summed E-state index contributed by atoms with van der Waals surface area (Å²) in [7, 11) is 0. The minimum atomic E-state index is -0.532. The number of benzene rings is 1. The molecule has 0 saturated heterocycles. The minimum absolute atomic E-state index is 0.00635. The fraction of sp³-hybridized carbons (Fsp3) is 0.588. The van der Waals surface area contributed by atoms with E-state index < -0.39 is 11.7 Å². The lowest BCUT2D eigenvalue weighted by Gasteiger charge is -2.24. The fourth-order valence-corrected chi connectivity index (χ4v) is 2.01. The third-order valence-electron chi connectivity index (χ3n) is 3.11. The molecule has 1 atom stereocenters. The zero-order valence-electron chi connectivity index (χ0n) is 13.6. The summed E-state index contributed by atoms with van der Waals surface area (Å²) in [4.78, 5) is 11.9. The Kier molecular flexibility index (Phi) is 6.21. The van der Waals surface area contributed by atoms with E-state index in [4.69, 9.17) is 4.74 Å². The standard InChI is InChI=1S/C17H27NO3/c1-12(2)13-6-8-14(9-7-13)15(10-11-19)18-16(20)21-17(3,4)5/h6-9,12,15,19H,10-11H2,1-5H3,(H,18,20). The van der Waals surface area contributed by atoms with Crippen molar-refractivity contribution < 1.29 is 14.6 Å². The number of hydrogen-bond acceptors (Lipinski definition) is 3. The Morgan fingerprint density at radius 1 is 1.19 bits per heavy atom. The van der Waals surface area contributed by atoms with Gasteiger partial charge in [0.15, 0.2) is 0 Å². The first kappa shape index (κ1) is 17.5. The van der Waals surface area contributed by atoms with E-state index in [9.17, 15) is 9.90 Å². The van der Waals surface area contributed by atoms with Crippen LogP contribution in [0.4, 0.5) is 4.79 Å². The second kappa shape index (κ2) is 7.46. The van der Waals surface area contributed by atoms with E-state index in [0.29, 0.717) is 12.3 Å². The molecule has 0 spiro atoms. The van der Waals surface area contributed by atoms with Crippen LogP contribution in [0, 0.1) is 0 Å². The van der Waals surface area contributed by atoms with Gasteiger partial charge in [-0.1, -0.05) is 38.1 Å². The van der Waals surface area contributed by atoms with Crippen LogP contribution in [0.3, 0.4) is 0 Å². The molecule has 21 heavy (non-hydrogen) atoms. The molecule has 0 aliphatic rings. The summed E-state index contributed by atoms with van der Waals surface area (Å²) in [6.07, 6.45) is -0.00540. The highest BCUT2D eigenvalue weighted by atomic mass is 16.6. The van der Waals surface area contributed by atoms with Gasteiger partial charge in [-0.15, -0.1) is 0 Å². The van der Waals surface area contributed by atoms with E-state index in [2.05, 4.69) is 31.3 Å². The van der Waals surface area contributed by atoms with Crippen LogP contribution in [-0.2, 0) is 4.74 Å². The molecule has 4 heteroatoms. The summed E-state index contributed by atoms with van der Waals surface area (Å²) in [5.74, 6) is 0.467. The molecule has 1 aromatic rings. The predicted octanol–water partition coefficient (Wildman–Crippen LogP) is 3.76. The summed E-state index contributed by atoms with van der Waals surface area (Å²) in [6.45, 7) is 9.76. The summed E-state index contributed by atoms with van der Waals surface area (Å²) < 4.78 is 5.27. The smallest absolute Gasteiger partial charge is 0.408 e. The largest absolute Gasteiger partial charge is 0.444 e. The summed E-state index contributed by atoms with van der Waals surface area (Å²) in [6, 6.07) is 7.86. The number of amides is 1. The Morgan fingerprint density at radius 2 is 1.71 bits per heavy atom. The maximum absolute atomic E-state index is 11.9. The van der Waals surface area contributed by atoms with Gasteiger partial charge in [0.25, 0.3) is 0 Å². The molecule has 1 unspecified atom stereocenters. The van der Waals surface area contributed by atoms with Crippen molar-refractivity contribution in [3.63, 3.8) is 0 Å². The lowest BCUT2D eigenvalue weighted by molar-refractivity contribution is 0.0496. The molecule has 0 aliphatic heterocycles. The quantitative estimate of drug-likeness (QED) is 0.869. The number of nitrogens with one attached hydrogen (secondary N) is 1. The van der Waals surface area contributed by atoms with Gasteiger partial charge in [-0.25, -0.2) is 4.79 Å². The number of carbonyl (C=O) groups is 1. The van der Waals surface area contributed by atoms with Crippen LogP contribution < -0.4 is 5.32 Å². The molecule has 1 aromatic carbocycles. The molecular weight excluding hydrogens is 266 g/mol. The Labute approximate surface area is 127 Å². The lowest BCUT2D eigenvalue weighted by atomic mass is 9.98. The summed E-state index contributed by atoms with van der Waals surface area (Å²) in [5.41, 5.74) is 1.69. The molecule has 0 radical (unpaired) electrons. The van der Waals surface area contributed by atoms with Crippen molar-refractivity contribution in [3.05, 3.63) is 35.4 Å². The molecule has 1 amide bonds. The fourth-order valence-electron chi connectivity index (χ4n) is 2.01. The Balaban J connectivity index is 2.79. The van der Waals surface area contributed by atoms with Gasteiger partial charge in [0.1, 0.15) is 5.60 Å². The zero-order chi connectivity index (χ0) is 16.0. The molecule has 4 nitrogen and oxygen atoms in total. The van der Waals surface area contributed by atoms with Crippen molar-refractivity contribution in [1.29, 1.82) is 0 Å². The van der Waals surface area contributed by atoms with Crippen LogP contribution >= 0.6 is 0 Å². The minimum Gasteiger partial charge on any atom is -0.444 e. The first-order chi connectivity index (χ1) is 9.73. The molecule has 0 bridgehead atoms. The van der Waals surface area contributed by atoms with Crippen LogP contribution in [-0.4, -0.2) is 23.4 Å². The number of aliphatic hydroxyl groups excluding tert-OH is 1.